The van der Waals surface area contributed by atoms with Gasteiger partial charge in [-0.15, -0.1) is 0 Å². The summed E-state index contributed by atoms with van der Waals surface area (Å²) in [6, 6.07) is 5.72. The Morgan fingerprint density at radius 2 is 2.13 bits per heavy atom. The molecule has 0 aliphatic heterocycles. The van der Waals surface area contributed by atoms with E-state index in [9.17, 15) is 9.18 Å². The molecule has 1 aromatic rings. The SMILES string of the molecule is CC(NC(C)c1cccc(F)c1)C(N)=O. The number of benzene rings is 1. The molecule has 0 spiro atoms. The van der Waals surface area contributed by atoms with E-state index < -0.39 is 11.9 Å². The second-order valence-corrected chi connectivity index (χ2v) is 3.57. The van der Waals surface area contributed by atoms with Crippen LogP contribution >= 0.6 is 0 Å². The molecule has 0 fully saturated rings. The van der Waals surface area contributed by atoms with Crippen molar-refractivity contribution < 1.29 is 9.18 Å². The van der Waals surface area contributed by atoms with E-state index in [1.807, 2.05) is 6.92 Å². The minimum Gasteiger partial charge on any atom is -0.368 e. The number of halogens is 1. The molecule has 0 heterocycles. The van der Waals surface area contributed by atoms with Crippen LogP contribution in [0.2, 0.25) is 0 Å². The molecule has 2 unspecified atom stereocenters. The van der Waals surface area contributed by atoms with Crippen molar-refractivity contribution >= 4 is 5.91 Å². The van der Waals surface area contributed by atoms with E-state index in [1.165, 1.54) is 12.1 Å². The predicted molar refractivity (Wildman–Crippen MR) is 56.6 cm³/mol. The van der Waals surface area contributed by atoms with Gasteiger partial charge in [0.05, 0.1) is 6.04 Å². The lowest BCUT2D eigenvalue weighted by molar-refractivity contribution is -0.119. The van der Waals surface area contributed by atoms with Crippen LogP contribution < -0.4 is 11.1 Å². The van der Waals surface area contributed by atoms with Crippen molar-refractivity contribution in [1.82, 2.24) is 5.32 Å². The molecular weight excluding hydrogens is 195 g/mol. The van der Waals surface area contributed by atoms with Crippen molar-refractivity contribution in [2.24, 2.45) is 5.73 Å². The summed E-state index contributed by atoms with van der Waals surface area (Å²) in [4.78, 5) is 10.8. The maximum atomic E-state index is 12.9. The number of hydrogen-bond acceptors (Lipinski definition) is 2. The molecular formula is C11H15FN2O. The summed E-state index contributed by atoms with van der Waals surface area (Å²) in [6.45, 7) is 3.53. The zero-order chi connectivity index (χ0) is 11.4. The summed E-state index contributed by atoms with van der Waals surface area (Å²) >= 11 is 0. The van der Waals surface area contributed by atoms with E-state index >= 15 is 0 Å². The van der Waals surface area contributed by atoms with Crippen molar-refractivity contribution in [3.05, 3.63) is 35.6 Å². The van der Waals surface area contributed by atoms with Gasteiger partial charge in [0.1, 0.15) is 5.82 Å². The molecule has 0 aliphatic carbocycles. The van der Waals surface area contributed by atoms with Gasteiger partial charge < -0.3 is 5.73 Å². The van der Waals surface area contributed by atoms with Crippen LogP contribution in [0, 0.1) is 5.82 Å². The molecule has 0 aromatic heterocycles. The van der Waals surface area contributed by atoms with E-state index in [0.717, 1.165) is 5.56 Å². The lowest BCUT2D eigenvalue weighted by Gasteiger charge is -2.17. The summed E-state index contributed by atoms with van der Waals surface area (Å²) in [7, 11) is 0. The number of hydrogen-bond donors (Lipinski definition) is 2. The highest BCUT2D eigenvalue weighted by atomic mass is 19.1. The fraction of sp³-hybridized carbons (Fsp3) is 0.364. The minimum atomic E-state index is -0.428. The zero-order valence-corrected chi connectivity index (χ0v) is 8.83. The summed E-state index contributed by atoms with van der Waals surface area (Å²) in [5.74, 6) is -0.703. The van der Waals surface area contributed by atoms with Crippen molar-refractivity contribution in [2.45, 2.75) is 25.9 Å². The molecule has 0 aliphatic rings. The fourth-order valence-corrected chi connectivity index (χ4v) is 1.33. The average molecular weight is 210 g/mol. The van der Waals surface area contributed by atoms with E-state index in [1.54, 1.807) is 19.1 Å². The molecule has 4 heteroatoms. The highest BCUT2D eigenvalue weighted by molar-refractivity contribution is 5.79. The molecule has 3 N–H and O–H groups in total. The number of primary amides is 1. The van der Waals surface area contributed by atoms with Crippen molar-refractivity contribution in [3.63, 3.8) is 0 Å². The van der Waals surface area contributed by atoms with Gasteiger partial charge in [0.25, 0.3) is 0 Å². The van der Waals surface area contributed by atoms with Gasteiger partial charge in [0, 0.05) is 6.04 Å². The molecule has 2 atom stereocenters. The van der Waals surface area contributed by atoms with Gasteiger partial charge in [-0.2, -0.15) is 0 Å². The van der Waals surface area contributed by atoms with Gasteiger partial charge in [-0.1, -0.05) is 12.1 Å². The van der Waals surface area contributed by atoms with Crippen LogP contribution in [0.3, 0.4) is 0 Å². The van der Waals surface area contributed by atoms with Crippen LogP contribution in [-0.4, -0.2) is 11.9 Å². The Balaban J connectivity index is 2.68. The lowest BCUT2D eigenvalue weighted by Crippen LogP contribution is -2.40. The first-order valence-corrected chi connectivity index (χ1v) is 4.81. The minimum absolute atomic E-state index is 0.108. The molecule has 1 amide bonds. The van der Waals surface area contributed by atoms with Gasteiger partial charge in [-0.05, 0) is 31.5 Å². The summed E-state index contributed by atoms with van der Waals surface area (Å²) < 4.78 is 12.9. The Morgan fingerprint density at radius 1 is 1.47 bits per heavy atom. The normalized spacial score (nSPS) is 14.6. The Hall–Kier alpha value is -1.42. The van der Waals surface area contributed by atoms with Gasteiger partial charge in [-0.3, -0.25) is 10.1 Å². The van der Waals surface area contributed by atoms with E-state index in [-0.39, 0.29) is 11.9 Å². The van der Waals surface area contributed by atoms with Crippen LogP contribution in [0.4, 0.5) is 4.39 Å². The molecule has 1 aromatic carbocycles. The van der Waals surface area contributed by atoms with E-state index in [4.69, 9.17) is 5.73 Å². The smallest absolute Gasteiger partial charge is 0.234 e. The molecule has 3 nitrogen and oxygen atoms in total. The van der Waals surface area contributed by atoms with Crippen LogP contribution in [-0.2, 0) is 4.79 Å². The first-order valence-electron chi connectivity index (χ1n) is 4.81. The van der Waals surface area contributed by atoms with Gasteiger partial charge in [-0.25, -0.2) is 4.39 Å². The second kappa shape index (κ2) is 4.89. The average Bonchev–Trinajstić information content (AvgIpc) is 2.17. The van der Waals surface area contributed by atoms with Crippen LogP contribution in [0.25, 0.3) is 0 Å². The Bertz CT molecular complexity index is 354. The van der Waals surface area contributed by atoms with Crippen LogP contribution in [0.5, 0.6) is 0 Å². The number of carbonyl (C=O) groups is 1. The summed E-state index contributed by atoms with van der Waals surface area (Å²) in [5, 5.41) is 2.98. The number of nitrogens with one attached hydrogen (secondary N) is 1. The lowest BCUT2D eigenvalue weighted by atomic mass is 10.1. The van der Waals surface area contributed by atoms with Gasteiger partial charge in [0.2, 0.25) is 5.91 Å². The topological polar surface area (TPSA) is 55.1 Å². The van der Waals surface area contributed by atoms with E-state index in [2.05, 4.69) is 5.32 Å². The maximum absolute atomic E-state index is 12.9. The molecule has 15 heavy (non-hydrogen) atoms. The molecule has 1 rings (SSSR count). The monoisotopic (exact) mass is 210 g/mol. The van der Waals surface area contributed by atoms with Crippen LogP contribution in [0.15, 0.2) is 24.3 Å². The van der Waals surface area contributed by atoms with Crippen molar-refractivity contribution in [2.75, 3.05) is 0 Å². The second-order valence-electron chi connectivity index (χ2n) is 3.57. The highest BCUT2D eigenvalue weighted by Gasteiger charge is 2.13. The number of rotatable bonds is 4. The van der Waals surface area contributed by atoms with Gasteiger partial charge in [0.15, 0.2) is 0 Å². The van der Waals surface area contributed by atoms with E-state index in [0.29, 0.717) is 0 Å². The third-order valence-electron chi connectivity index (χ3n) is 2.28. The number of carbonyl (C=O) groups excluding carboxylic acids is 1. The van der Waals surface area contributed by atoms with Crippen molar-refractivity contribution in [3.8, 4) is 0 Å². The highest BCUT2D eigenvalue weighted by Crippen LogP contribution is 2.13. The Morgan fingerprint density at radius 3 is 2.67 bits per heavy atom. The molecule has 82 valence electrons. The zero-order valence-electron chi connectivity index (χ0n) is 8.83. The Kier molecular flexibility index (Phi) is 3.80. The molecule has 0 bridgehead atoms. The summed E-state index contributed by atoms with van der Waals surface area (Å²) in [5.41, 5.74) is 5.91. The first-order chi connectivity index (χ1) is 7.00. The fourth-order valence-electron chi connectivity index (χ4n) is 1.33. The standard InChI is InChI=1S/C11H15FN2O/c1-7(14-8(2)11(13)15)9-4-3-5-10(12)6-9/h3-8,14H,1-2H3,(H2,13,15). The number of amides is 1. The molecule has 0 saturated carbocycles. The quantitative estimate of drug-likeness (QED) is 0.788. The van der Waals surface area contributed by atoms with Crippen LogP contribution in [0.1, 0.15) is 25.5 Å². The molecule has 0 saturated heterocycles. The first kappa shape index (κ1) is 11.7. The third-order valence-corrected chi connectivity index (χ3v) is 2.28. The summed E-state index contributed by atoms with van der Waals surface area (Å²) in [6.07, 6.45) is 0. The van der Waals surface area contributed by atoms with Crippen molar-refractivity contribution in [1.29, 1.82) is 0 Å². The number of nitrogens with two attached hydrogens (primary N) is 1. The molecule has 0 radical (unpaired) electrons. The van der Waals surface area contributed by atoms with Gasteiger partial charge >= 0.3 is 0 Å². The largest absolute Gasteiger partial charge is 0.368 e. The Labute approximate surface area is 88.5 Å². The maximum Gasteiger partial charge on any atom is 0.234 e. The third kappa shape index (κ3) is 3.32. The predicted octanol–water partition coefficient (Wildman–Crippen LogP) is 1.35.